The minimum Gasteiger partial charge on any atom is -0.317 e. The molecular formula is C25H36N6O3. The molecule has 3 aliphatic heterocycles. The normalized spacial score (nSPS) is 24.1. The Morgan fingerprint density at radius 1 is 0.971 bits per heavy atom. The molecule has 9 nitrogen and oxygen atoms in total. The van der Waals surface area contributed by atoms with E-state index in [9.17, 15) is 14.4 Å². The third-order valence-corrected chi connectivity index (χ3v) is 8.09. The van der Waals surface area contributed by atoms with Crippen LogP contribution in [0, 0.1) is 0 Å². The van der Waals surface area contributed by atoms with Crippen LogP contribution in [-0.2, 0) is 23.2 Å². The number of imidazole rings is 1. The molecule has 2 amide bonds. The van der Waals surface area contributed by atoms with E-state index in [1.807, 2.05) is 6.07 Å². The molecule has 1 aromatic carbocycles. The number of amides is 2. The molecule has 1 aromatic heterocycles. The highest BCUT2D eigenvalue weighted by atomic mass is 16.2. The highest BCUT2D eigenvalue weighted by Crippen LogP contribution is 2.26. The molecule has 9 heteroatoms. The predicted molar refractivity (Wildman–Crippen MR) is 131 cm³/mol. The van der Waals surface area contributed by atoms with Crippen molar-refractivity contribution in [1.29, 1.82) is 0 Å². The SMILES string of the molecule is CNC1CCN(C2CCN(Cc3ccc4c(c3)n(C)c(=O)n4C3CCC(=O)NC3=O)CC2)CC1. The van der Waals surface area contributed by atoms with Crippen molar-refractivity contribution in [2.75, 3.05) is 33.2 Å². The Morgan fingerprint density at radius 3 is 2.38 bits per heavy atom. The third-order valence-electron chi connectivity index (χ3n) is 8.09. The Hall–Kier alpha value is -2.49. The summed E-state index contributed by atoms with van der Waals surface area (Å²) in [6.45, 7) is 5.44. The number of hydrogen-bond donors (Lipinski definition) is 2. The summed E-state index contributed by atoms with van der Waals surface area (Å²) >= 11 is 0. The minimum atomic E-state index is -0.642. The van der Waals surface area contributed by atoms with E-state index in [-0.39, 0.29) is 18.0 Å². The van der Waals surface area contributed by atoms with Gasteiger partial charge in [-0.05, 0) is 83.0 Å². The zero-order valence-corrected chi connectivity index (χ0v) is 20.3. The number of aryl methyl sites for hydroxylation is 1. The van der Waals surface area contributed by atoms with Gasteiger partial charge in [-0.3, -0.25) is 28.9 Å². The van der Waals surface area contributed by atoms with Gasteiger partial charge >= 0.3 is 5.69 Å². The zero-order chi connectivity index (χ0) is 23.8. The van der Waals surface area contributed by atoms with Crippen LogP contribution in [0.4, 0.5) is 0 Å². The van der Waals surface area contributed by atoms with Crippen LogP contribution < -0.4 is 16.3 Å². The Morgan fingerprint density at radius 2 is 1.71 bits per heavy atom. The van der Waals surface area contributed by atoms with Crippen LogP contribution in [0.5, 0.6) is 0 Å². The molecule has 1 unspecified atom stereocenters. The number of piperidine rings is 3. The van der Waals surface area contributed by atoms with Gasteiger partial charge < -0.3 is 10.2 Å². The van der Waals surface area contributed by atoms with E-state index in [2.05, 4.69) is 39.6 Å². The summed E-state index contributed by atoms with van der Waals surface area (Å²) in [7, 11) is 3.82. The molecule has 34 heavy (non-hydrogen) atoms. The lowest BCUT2D eigenvalue weighted by Crippen LogP contribution is -2.49. The fourth-order valence-corrected chi connectivity index (χ4v) is 5.99. The Bertz CT molecular complexity index is 1120. The maximum atomic E-state index is 13.0. The van der Waals surface area contributed by atoms with Crippen molar-refractivity contribution in [2.45, 2.75) is 63.2 Å². The van der Waals surface area contributed by atoms with Gasteiger partial charge in [-0.15, -0.1) is 0 Å². The molecular weight excluding hydrogens is 432 g/mol. The molecule has 1 atom stereocenters. The summed E-state index contributed by atoms with van der Waals surface area (Å²) in [6.07, 6.45) is 5.50. The first kappa shape index (κ1) is 23.3. The van der Waals surface area contributed by atoms with Gasteiger partial charge in [0.1, 0.15) is 6.04 Å². The number of benzene rings is 1. The first-order valence-electron chi connectivity index (χ1n) is 12.6. The lowest BCUT2D eigenvalue weighted by Gasteiger charge is -2.41. The van der Waals surface area contributed by atoms with Crippen LogP contribution >= 0.6 is 0 Å². The van der Waals surface area contributed by atoms with Crippen molar-refractivity contribution in [2.24, 2.45) is 7.05 Å². The standard InChI is InChI=1S/C25H36N6O3/c1-26-18-7-13-30(14-8-18)19-9-11-29(12-10-19)16-17-3-4-20-22(15-17)28(2)25(34)31(20)21-5-6-23(32)27-24(21)33/h3-4,15,18-19,21,26H,5-14,16H2,1-2H3,(H,27,32,33). The van der Waals surface area contributed by atoms with Crippen LogP contribution in [0.15, 0.2) is 23.0 Å². The van der Waals surface area contributed by atoms with Crippen molar-refractivity contribution in [3.8, 4) is 0 Å². The molecule has 5 rings (SSSR count). The molecule has 3 aliphatic rings. The van der Waals surface area contributed by atoms with Crippen LogP contribution in [0.2, 0.25) is 0 Å². The molecule has 0 spiro atoms. The number of carbonyl (C=O) groups is 2. The summed E-state index contributed by atoms with van der Waals surface area (Å²) in [6, 6.07) is 6.82. The summed E-state index contributed by atoms with van der Waals surface area (Å²) in [5.74, 6) is -0.670. The largest absolute Gasteiger partial charge is 0.329 e. The van der Waals surface area contributed by atoms with E-state index in [1.54, 1.807) is 16.2 Å². The minimum absolute atomic E-state index is 0.218. The van der Waals surface area contributed by atoms with E-state index in [0.717, 1.165) is 30.7 Å². The number of fused-ring (bicyclic) bond motifs is 1. The smallest absolute Gasteiger partial charge is 0.317 e. The summed E-state index contributed by atoms with van der Waals surface area (Å²) in [5, 5.41) is 5.78. The first-order chi connectivity index (χ1) is 16.4. The third kappa shape index (κ3) is 4.44. The van der Waals surface area contributed by atoms with E-state index >= 15 is 0 Å². The molecule has 4 heterocycles. The van der Waals surface area contributed by atoms with Gasteiger partial charge in [0.05, 0.1) is 11.0 Å². The maximum absolute atomic E-state index is 13.0. The first-order valence-corrected chi connectivity index (χ1v) is 12.6. The molecule has 0 bridgehead atoms. The van der Waals surface area contributed by atoms with Crippen LogP contribution in [0.25, 0.3) is 11.0 Å². The summed E-state index contributed by atoms with van der Waals surface area (Å²) < 4.78 is 3.16. The molecule has 0 radical (unpaired) electrons. The van der Waals surface area contributed by atoms with Crippen LogP contribution in [0.3, 0.4) is 0 Å². The Balaban J connectivity index is 1.25. The van der Waals surface area contributed by atoms with E-state index in [4.69, 9.17) is 0 Å². The van der Waals surface area contributed by atoms with E-state index in [0.29, 0.717) is 18.5 Å². The Kier molecular flexibility index (Phi) is 6.59. The second-order valence-corrected chi connectivity index (χ2v) is 10.1. The van der Waals surface area contributed by atoms with Crippen LogP contribution in [-0.4, -0.2) is 76.1 Å². The molecule has 0 aliphatic carbocycles. The van der Waals surface area contributed by atoms with Crippen molar-refractivity contribution >= 4 is 22.8 Å². The van der Waals surface area contributed by atoms with Crippen molar-refractivity contribution in [3.05, 3.63) is 34.2 Å². The Labute approximate surface area is 200 Å². The second-order valence-electron chi connectivity index (χ2n) is 10.1. The number of nitrogens with zero attached hydrogens (tertiary/aromatic N) is 4. The molecule has 0 saturated carbocycles. The van der Waals surface area contributed by atoms with Gasteiger partial charge in [-0.25, -0.2) is 4.79 Å². The lowest BCUT2D eigenvalue weighted by molar-refractivity contribution is -0.135. The van der Waals surface area contributed by atoms with Gasteiger partial charge in [0, 0.05) is 32.1 Å². The fraction of sp³-hybridized carbons (Fsp3) is 0.640. The van der Waals surface area contributed by atoms with Gasteiger partial charge in [0.15, 0.2) is 0 Å². The van der Waals surface area contributed by atoms with Gasteiger partial charge in [-0.2, -0.15) is 0 Å². The average Bonchev–Trinajstić information content (AvgIpc) is 3.09. The maximum Gasteiger partial charge on any atom is 0.329 e. The number of likely N-dealkylation sites (tertiary alicyclic amines) is 2. The van der Waals surface area contributed by atoms with Gasteiger partial charge in [0.25, 0.3) is 0 Å². The van der Waals surface area contributed by atoms with E-state index in [1.165, 1.54) is 44.3 Å². The highest BCUT2D eigenvalue weighted by molar-refractivity contribution is 6.00. The highest BCUT2D eigenvalue weighted by Gasteiger charge is 2.31. The van der Waals surface area contributed by atoms with E-state index < -0.39 is 11.9 Å². The average molecular weight is 469 g/mol. The summed E-state index contributed by atoms with van der Waals surface area (Å²) in [5.41, 5.74) is 2.53. The molecule has 184 valence electrons. The van der Waals surface area contributed by atoms with Crippen LogP contribution in [0.1, 0.15) is 50.1 Å². The fourth-order valence-electron chi connectivity index (χ4n) is 5.99. The topological polar surface area (TPSA) is 91.6 Å². The lowest BCUT2D eigenvalue weighted by atomic mass is 9.97. The quantitative estimate of drug-likeness (QED) is 0.636. The molecule has 3 saturated heterocycles. The number of aromatic nitrogens is 2. The second kappa shape index (κ2) is 9.64. The molecule has 2 N–H and O–H groups in total. The predicted octanol–water partition coefficient (Wildman–Crippen LogP) is 0.966. The molecule has 2 aromatic rings. The monoisotopic (exact) mass is 468 g/mol. The number of rotatable bonds is 5. The number of imide groups is 1. The number of hydrogen-bond acceptors (Lipinski definition) is 6. The van der Waals surface area contributed by atoms with Crippen molar-refractivity contribution in [1.82, 2.24) is 29.6 Å². The summed E-state index contributed by atoms with van der Waals surface area (Å²) in [4.78, 5) is 42.1. The van der Waals surface area contributed by atoms with Gasteiger partial charge in [0.2, 0.25) is 11.8 Å². The number of nitrogens with one attached hydrogen (secondary N) is 2. The number of carbonyl (C=O) groups excluding carboxylic acids is 2. The zero-order valence-electron chi connectivity index (χ0n) is 20.3. The molecule has 3 fully saturated rings. The van der Waals surface area contributed by atoms with Crippen molar-refractivity contribution < 1.29 is 9.59 Å². The van der Waals surface area contributed by atoms with Gasteiger partial charge in [-0.1, -0.05) is 6.07 Å². The van der Waals surface area contributed by atoms with Crippen molar-refractivity contribution in [3.63, 3.8) is 0 Å².